The van der Waals surface area contributed by atoms with Crippen LogP contribution in [0.2, 0.25) is 0 Å². The zero-order valence-corrected chi connectivity index (χ0v) is 15.8. The SMILES string of the molecule is Cc1ccc2occ(/C=C/C(=O)Nc3nc(-c4ccccc4)cs3)c(=O)c2c1. The van der Waals surface area contributed by atoms with Crippen molar-refractivity contribution in [1.82, 2.24) is 4.98 Å². The zero-order valence-electron chi connectivity index (χ0n) is 15.0. The first-order valence-corrected chi connectivity index (χ1v) is 9.50. The summed E-state index contributed by atoms with van der Waals surface area (Å²) in [5.74, 6) is -0.363. The molecular weight excluding hydrogens is 372 g/mol. The van der Waals surface area contributed by atoms with Crippen molar-refractivity contribution in [3.05, 3.63) is 87.6 Å². The molecule has 2 aromatic heterocycles. The van der Waals surface area contributed by atoms with Crippen LogP contribution < -0.4 is 10.7 Å². The highest BCUT2D eigenvalue weighted by molar-refractivity contribution is 7.14. The molecule has 1 N–H and O–H groups in total. The number of thiazole rings is 1. The number of carbonyl (C=O) groups excluding carboxylic acids is 1. The second-order valence-electron chi connectivity index (χ2n) is 6.25. The second-order valence-corrected chi connectivity index (χ2v) is 7.10. The fraction of sp³-hybridized carbons (Fsp3) is 0.0455. The third-order valence-corrected chi connectivity index (χ3v) is 4.93. The zero-order chi connectivity index (χ0) is 19.5. The summed E-state index contributed by atoms with van der Waals surface area (Å²) in [5, 5.41) is 5.59. The van der Waals surface area contributed by atoms with Crippen LogP contribution in [0, 0.1) is 6.92 Å². The average Bonchev–Trinajstić information content (AvgIpc) is 3.17. The van der Waals surface area contributed by atoms with Gasteiger partial charge < -0.3 is 4.42 Å². The van der Waals surface area contributed by atoms with Gasteiger partial charge in [0.1, 0.15) is 11.8 Å². The highest BCUT2D eigenvalue weighted by atomic mass is 32.1. The van der Waals surface area contributed by atoms with Crippen LogP contribution in [0.15, 0.2) is 75.5 Å². The van der Waals surface area contributed by atoms with Crippen molar-refractivity contribution in [2.45, 2.75) is 6.92 Å². The van der Waals surface area contributed by atoms with E-state index in [1.54, 1.807) is 12.1 Å². The van der Waals surface area contributed by atoms with Crippen molar-refractivity contribution >= 4 is 39.4 Å². The molecule has 2 heterocycles. The molecule has 0 saturated heterocycles. The van der Waals surface area contributed by atoms with Crippen molar-refractivity contribution in [2.75, 3.05) is 5.32 Å². The Morgan fingerprint density at radius 2 is 2.00 bits per heavy atom. The lowest BCUT2D eigenvalue weighted by atomic mass is 10.1. The first-order valence-electron chi connectivity index (χ1n) is 8.62. The Morgan fingerprint density at radius 1 is 1.18 bits per heavy atom. The Hall–Kier alpha value is -3.51. The Kier molecular flexibility index (Phi) is 4.87. The van der Waals surface area contributed by atoms with E-state index in [1.807, 2.05) is 48.7 Å². The van der Waals surface area contributed by atoms with Crippen molar-refractivity contribution in [3.63, 3.8) is 0 Å². The van der Waals surface area contributed by atoms with Crippen LogP contribution in [0.25, 0.3) is 28.3 Å². The number of rotatable bonds is 4. The molecule has 2 aromatic carbocycles. The summed E-state index contributed by atoms with van der Waals surface area (Å²) >= 11 is 1.34. The number of anilines is 1. The van der Waals surface area contributed by atoms with E-state index in [1.165, 1.54) is 29.8 Å². The molecule has 0 radical (unpaired) electrons. The molecule has 6 heteroatoms. The minimum absolute atomic E-state index is 0.172. The maximum Gasteiger partial charge on any atom is 0.250 e. The molecular formula is C22H16N2O3S. The van der Waals surface area contributed by atoms with Crippen LogP contribution in [0.1, 0.15) is 11.1 Å². The first-order chi connectivity index (χ1) is 13.6. The summed E-state index contributed by atoms with van der Waals surface area (Å²) in [6.07, 6.45) is 4.12. The molecule has 0 aliphatic heterocycles. The standard InChI is InChI=1S/C22H16N2O3S/c1-14-7-9-19-17(11-14)21(26)16(12-27-19)8-10-20(25)24-22-23-18(13-28-22)15-5-3-2-4-6-15/h2-13H,1H3,(H,23,24,25)/b10-8+. The number of carbonyl (C=O) groups is 1. The van der Waals surface area contributed by atoms with Gasteiger partial charge in [-0.15, -0.1) is 11.3 Å². The number of fused-ring (bicyclic) bond motifs is 1. The van der Waals surface area contributed by atoms with Gasteiger partial charge in [-0.25, -0.2) is 4.98 Å². The molecule has 4 aromatic rings. The van der Waals surface area contributed by atoms with E-state index >= 15 is 0 Å². The molecule has 4 rings (SSSR count). The molecule has 0 spiro atoms. The normalized spacial score (nSPS) is 11.2. The minimum Gasteiger partial charge on any atom is -0.463 e. The van der Waals surface area contributed by atoms with E-state index < -0.39 is 0 Å². The number of nitrogens with zero attached hydrogens (tertiary/aromatic N) is 1. The molecule has 0 saturated carbocycles. The van der Waals surface area contributed by atoms with E-state index in [0.29, 0.717) is 21.7 Å². The monoisotopic (exact) mass is 388 g/mol. The van der Waals surface area contributed by atoms with Crippen molar-refractivity contribution in [1.29, 1.82) is 0 Å². The molecule has 1 amide bonds. The predicted molar refractivity (Wildman–Crippen MR) is 112 cm³/mol. The Labute approximate surface area is 165 Å². The molecule has 0 aliphatic rings. The van der Waals surface area contributed by atoms with Gasteiger partial charge in [0, 0.05) is 17.0 Å². The topological polar surface area (TPSA) is 72.2 Å². The molecule has 5 nitrogen and oxygen atoms in total. The van der Waals surface area contributed by atoms with Gasteiger partial charge >= 0.3 is 0 Å². The van der Waals surface area contributed by atoms with Crippen molar-refractivity contribution < 1.29 is 9.21 Å². The summed E-state index contributed by atoms with van der Waals surface area (Å²) in [5.41, 5.74) is 3.42. The fourth-order valence-corrected chi connectivity index (χ4v) is 3.48. The van der Waals surface area contributed by atoms with Crippen molar-refractivity contribution in [2.24, 2.45) is 0 Å². The summed E-state index contributed by atoms with van der Waals surface area (Å²) in [7, 11) is 0. The average molecular weight is 388 g/mol. The molecule has 0 fully saturated rings. The van der Waals surface area contributed by atoms with Crippen LogP contribution in [0.3, 0.4) is 0 Å². The summed E-state index contributed by atoms with van der Waals surface area (Å²) in [6, 6.07) is 15.2. The minimum atomic E-state index is -0.363. The van der Waals surface area contributed by atoms with Crippen LogP contribution in [0.5, 0.6) is 0 Å². The third-order valence-electron chi connectivity index (χ3n) is 4.17. The third kappa shape index (κ3) is 3.77. The largest absolute Gasteiger partial charge is 0.463 e. The van der Waals surface area contributed by atoms with Crippen LogP contribution in [-0.4, -0.2) is 10.9 Å². The number of aromatic nitrogens is 1. The summed E-state index contributed by atoms with van der Waals surface area (Å²) < 4.78 is 5.49. The molecule has 0 bridgehead atoms. The van der Waals surface area contributed by atoms with E-state index in [2.05, 4.69) is 10.3 Å². The van der Waals surface area contributed by atoms with Gasteiger partial charge in [-0.3, -0.25) is 14.9 Å². The molecule has 138 valence electrons. The molecule has 0 unspecified atom stereocenters. The number of benzene rings is 2. The van der Waals surface area contributed by atoms with Crippen LogP contribution in [0.4, 0.5) is 5.13 Å². The van der Waals surface area contributed by atoms with Gasteiger partial charge in [0.15, 0.2) is 10.6 Å². The lowest BCUT2D eigenvalue weighted by molar-refractivity contribution is -0.111. The lowest BCUT2D eigenvalue weighted by Crippen LogP contribution is -2.09. The highest BCUT2D eigenvalue weighted by Gasteiger charge is 2.08. The van der Waals surface area contributed by atoms with Gasteiger partial charge in [0.2, 0.25) is 5.91 Å². The van der Waals surface area contributed by atoms with Gasteiger partial charge in [0.05, 0.1) is 16.6 Å². The summed E-state index contributed by atoms with van der Waals surface area (Å²) in [4.78, 5) is 29.2. The number of hydrogen-bond donors (Lipinski definition) is 1. The summed E-state index contributed by atoms with van der Waals surface area (Å²) in [6.45, 7) is 1.91. The van der Waals surface area contributed by atoms with E-state index in [-0.39, 0.29) is 11.3 Å². The van der Waals surface area contributed by atoms with Gasteiger partial charge in [-0.05, 0) is 25.1 Å². The number of aryl methyl sites for hydroxylation is 1. The van der Waals surface area contributed by atoms with Gasteiger partial charge in [0.25, 0.3) is 0 Å². The Bertz CT molecular complexity index is 1240. The molecule has 28 heavy (non-hydrogen) atoms. The maximum absolute atomic E-state index is 12.6. The van der Waals surface area contributed by atoms with Crippen molar-refractivity contribution in [3.8, 4) is 11.3 Å². The van der Waals surface area contributed by atoms with E-state index in [9.17, 15) is 9.59 Å². The predicted octanol–water partition coefficient (Wildman–Crippen LogP) is 4.88. The molecule has 0 atom stereocenters. The van der Waals surface area contributed by atoms with Gasteiger partial charge in [-0.2, -0.15) is 0 Å². The Balaban J connectivity index is 1.51. The fourth-order valence-electron chi connectivity index (χ4n) is 2.76. The first kappa shape index (κ1) is 17.9. The number of amides is 1. The van der Waals surface area contributed by atoms with Crippen LogP contribution in [-0.2, 0) is 4.79 Å². The van der Waals surface area contributed by atoms with Crippen LogP contribution >= 0.6 is 11.3 Å². The molecule has 0 aliphatic carbocycles. The smallest absolute Gasteiger partial charge is 0.250 e. The number of nitrogens with one attached hydrogen (secondary N) is 1. The highest BCUT2D eigenvalue weighted by Crippen LogP contribution is 2.24. The Morgan fingerprint density at radius 3 is 2.82 bits per heavy atom. The number of hydrogen-bond acceptors (Lipinski definition) is 5. The quantitative estimate of drug-likeness (QED) is 0.506. The lowest BCUT2D eigenvalue weighted by Gasteiger charge is -2.00. The maximum atomic E-state index is 12.6. The second kappa shape index (κ2) is 7.62. The van der Waals surface area contributed by atoms with E-state index in [4.69, 9.17) is 4.42 Å². The van der Waals surface area contributed by atoms with E-state index in [0.717, 1.165) is 16.8 Å². The van der Waals surface area contributed by atoms with Gasteiger partial charge in [-0.1, -0.05) is 42.0 Å².